The molecule has 0 amide bonds. The van der Waals surface area contributed by atoms with E-state index in [2.05, 4.69) is 5.10 Å². The Morgan fingerprint density at radius 2 is 2.05 bits per heavy atom. The molecule has 0 spiro atoms. The van der Waals surface area contributed by atoms with Gasteiger partial charge in [-0.05, 0) is 24.1 Å². The van der Waals surface area contributed by atoms with Gasteiger partial charge in [-0.1, -0.05) is 12.1 Å². The van der Waals surface area contributed by atoms with Crippen LogP contribution in [0.3, 0.4) is 0 Å². The average Bonchev–Trinajstić information content (AvgIpc) is 2.80. The van der Waals surface area contributed by atoms with Crippen LogP contribution in [-0.4, -0.2) is 32.6 Å². The third-order valence-corrected chi connectivity index (χ3v) is 2.99. The van der Waals surface area contributed by atoms with Crippen molar-refractivity contribution in [3.05, 3.63) is 47.3 Å². The van der Waals surface area contributed by atoms with Crippen LogP contribution in [-0.2, 0) is 20.1 Å². The highest BCUT2D eigenvalue weighted by atomic mass is 16.5. The Morgan fingerprint density at radius 3 is 2.65 bits per heavy atom. The molecule has 0 bridgehead atoms. The molecule has 0 radical (unpaired) electrons. The molecule has 0 fully saturated rings. The van der Waals surface area contributed by atoms with Gasteiger partial charge in [-0.25, -0.2) is 4.79 Å². The number of carboxylic acid groups (broad SMARTS) is 1. The molecule has 0 saturated heterocycles. The minimum absolute atomic E-state index is 0.108. The quantitative estimate of drug-likeness (QED) is 0.829. The minimum Gasteiger partial charge on any atom is -0.487 e. The van der Waals surface area contributed by atoms with E-state index < -0.39 is 5.97 Å². The van der Waals surface area contributed by atoms with Crippen LogP contribution in [0, 0.1) is 0 Å². The summed E-state index contributed by atoms with van der Waals surface area (Å²) in [4.78, 5) is 11.0. The van der Waals surface area contributed by atoms with Crippen LogP contribution in [0.1, 0.15) is 21.6 Å². The van der Waals surface area contributed by atoms with Crippen molar-refractivity contribution in [3.8, 4) is 5.75 Å². The maximum absolute atomic E-state index is 11.0. The van der Waals surface area contributed by atoms with E-state index in [0.717, 1.165) is 5.56 Å². The lowest BCUT2D eigenvalue weighted by molar-refractivity contribution is 0.0693. The predicted molar refractivity (Wildman–Crippen MR) is 71.7 cm³/mol. The van der Waals surface area contributed by atoms with E-state index in [0.29, 0.717) is 17.9 Å². The largest absolute Gasteiger partial charge is 0.487 e. The van der Waals surface area contributed by atoms with E-state index in [9.17, 15) is 4.79 Å². The zero-order chi connectivity index (χ0) is 14.5. The molecular weight excluding hydrogens is 260 g/mol. The van der Waals surface area contributed by atoms with E-state index in [-0.39, 0.29) is 18.8 Å². The molecule has 106 valence electrons. The number of aromatic carboxylic acids is 1. The Morgan fingerprint density at radius 1 is 1.35 bits per heavy atom. The van der Waals surface area contributed by atoms with Crippen LogP contribution in [0.15, 0.2) is 30.5 Å². The van der Waals surface area contributed by atoms with Crippen LogP contribution in [0.25, 0.3) is 0 Å². The lowest BCUT2D eigenvalue weighted by Gasteiger charge is -2.08. The first kappa shape index (κ1) is 14.1. The Balaban J connectivity index is 2.05. The fourth-order valence-electron chi connectivity index (χ4n) is 1.85. The summed E-state index contributed by atoms with van der Waals surface area (Å²) in [6, 6.07) is 7.32. The van der Waals surface area contributed by atoms with Crippen molar-refractivity contribution in [1.29, 1.82) is 0 Å². The van der Waals surface area contributed by atoms with Crippen LogP contribution < -0.4 is 4.74 Å². The van der Waals surface area contributed by atoms with Gasteiger partial charge in [0, 0.05) is 13.7 Å². The molecule has 0 aliphatic rings. The van der Waals surface area contributed by atoms with E-state index in [1.807, 2.05) is 12.1 Å². The summed E-state index contributed by atoms with van der Waals surface area (Å²) in [7, 11) is 1.68. The Labute approximate surface area is 116 Å². The van der Waals surface area contributed by atoms with E-state index >= 15 is 0 Å². The number of aliphatic hydroxyl groups is 1. The van der Waals surface area contributed by atoms with Crippen molar-refractivity contribution < 1.29 is 19.7 Å². The second-order valence-corrected chi connectivity index (χ2v) is 4.34. The normalized spacial score (nSPS) is 10.5. The Kier molecular flexibility index (Phi) is 4.37. The molecule has 0 aliphatic carbocycles. The highest BCUT2D eigenvalue weighted by Gasteiger charge is 2.15. The molecule has 6 heteroatoms. The van der Waals surface area contributed by atoms with E-state index in [1.165, 1.54) is 10.9 Å². The zero-order valence-corrected chi connectivity index (χ0v) is 11.1. The van der Waals surface area contributed by atoms with Crippen LogP contribution in [0.4, 0.5) is 0 Å². The number of hydrogen-bond acceptors (Lipinski definition) is 4. The third kappa shape index (κ3) is 3.16. The number of carbonyl (C=O) groups is 1. The number of hydrogen-bond donors (Lipinski definition) is 2. The van der Waals surface area contributed by atoms with Gasteiger partial charge in [0.1, 0.15) is 17.9 Å². The average molecular weight is 276 g/mol. The van der Waals surface area contributed by atoms with Crippen molar-refractivity contribution >= 4 is 5.97 Å². The molecule has 0 aliphatic heterocycles. The van der Waals surface area contributed by atoms with Crippen LogP contribution >= 0.6 is 0 Å². The van der Waals surface area contributed by atoms with Gasteiger partial charge >= 0.3 is 5.97 Å². The highest BCUT2D eigenvalue weighted by molar-refractivity contribution is 5.88. The number of carboxylic acids is 1. The van der Waals surface area contributed by atoms with Crippen LogP contribution in [0.5, 0.6) is 5.75 Å². The van der Waals surface area contributed by atoms with Gasteiger partial charge in [-0.15, -0.1) is 0 Å². The van der Waals surface area contributed by atoms with Crippen molar-refractivity contribution in [2.24, 2.45) is 7.05 Å². The molecular formula is C14H16N2O4. The molecule has 0 unspecified atom stereocenters. The van der Waals surface area contributed by atoms with Crippen molar-refractivity contribution in [3.63, 3.8) is 0 Å². The number of aryl methyl sites for hydroxylation is 1. The van der Waals surface area contributed by atoms with Gasteiger partial charge in [0.05, 0.1) is 11.9 Å². The Bertz CT molecular complexity index is 590. The van der Waals surface area contributed by atoms with Crippen molar-refractivity contribution in [2.75, 3.05) is 6.61 Å². The fraction of sp³-hybridized carbons (Fsp3) is 0.286. The first-order chi connectivity index (χ1) is 9.61. The molecule has 2 aromatic rings. The molecule has 1 aromatic carbocycles. The van der Waals surface area contributed by atoms with Gasteiger partial charge in [0.2, 0.25) is 0 Å². The SMILES string of the molecule is Cn1ncc(C(=O)O)c1COc1ccc(CCO)cc1. The number of nitrogens with zero attached hydrogens (tertiary/aromatic N) is 2. The summed E-state index contributed by atoms with van der Waals surface area (Å²) >= 11 is 0. The number of aromatic nitrogens is 2. The highest BCUT2D eigenvalue weighted by Crippen LogP contribution is 2.16. The Hall–Kier alpha value is -2.34. The van der Waals surface area contributed by atoms with Crippen molar-refractivity contribution in [1.82, 2.24) is 9.78 Å². The van der Waals surface area contributed by atoms with Gasteiger partial charge in [0.25, 0.3) is 0 Å². The standard InChI is InChI=1S/C14H16N2O4/c1-16-13(12(8-15-16)14(18)19)9-20-11-4-2-10(3-5-11)6-7-17/h2-5,8,17H,6-7,9H2,1H3,(H,18,19). The molecule has 2 N–H and O–H groups in total. The van der Waals surface area contributed by atoms with Gasteiger partial charge in [0.15, 0.2) is 0 Å². The topological polar surface area (TPSA) is 84.6 Å². The van der Waals surface area contributed by atoms with Crippen LogP contribution in [0.2, 0.25) is 0 Å². The van der Waals surface area contributed by atoms with E-state index in [4.69, 9.17) is 14.9 Å². The first-order valence-corrected chi connectivity index (χ1v) is 6.18. The molecule has 6 nitrogen and oxygen atoms in total. The summed E-state index contributed by atoms with van der Waals surface area (Å²) in [6.07, 6.45) is 1.91. The second-order valence-electron chi connectivity index (χ2n) is 4.34. The third-order valence-electron chi connectivity index (χ3n) is 2.99. The predicted octanol–water partition coefficient (Wildman–Crippen LogP) is 1.23. The lowest BCUT2D eigenvalue weighted by Crippen LogP contribution is -2.08. The lowest BCUT2D eigenvalue weighted by atomic mass is 10.1. The molecule has 2 rings (SSSR count). The smallest absolute Gasteiger partial charge is 0.339 e. The zero-order valence-electron chi connectivity index (χ0n) is 11.1. The summed E-state index contributed by atoms with van der Waals surface area (Å²) in [5.41, 5.74) is 1.67. The fourth-order valence-corrected chi connectivity index (χ4v) is 1.85. The molecule has 20 heavy (non-hydrogen) atoms. The second kappa shape index (κ2) is 6.21. The monoisotopic (exact) mass is 276 g/mol. The first-order valence-electron chi connectivity index (χ1n) is 6.18. The summed E-state index contributed by atoms with van der Waals surface area (Å²) in [5, 5.41) is 21.8. The molecule has 0 atom stereocenters. The number of rotatable bonds is 6. The van der Waals surface area contributed by atoms with Crippen molar-refractivity contribution in [2.45, 2.75) is 13.0 Å². The molecule has 0 saturated carbocycles. The van der Waals surface area contributed by atoms with Gasteiger partial charge in [-0.3, -0.25) is 4.68 Å². The molecule has 1 aromatic heterocycles. The summed E-state index contributed by atoms with van der Waals surface area (Å²) in [5.74, 6) is -0.376. The number of benzene rings is 1. The number of aliphatic hydroxyl groups excluding tert-OH is 1. The summed E-state index contributed by atoms with van der Waals surface area (Å²) < 4.78 is 7.06. The van der Waals surface area contributed by atoms with Gasteiger partial charge < -0.3 is 14.9 Å². The minimum atomic E-state index is -1.02. The van der Waals surface area contributed by atoms with E-state index in [1.54, 1.807) is 19.2 Å². The number of ether oxygens (including phenoxy) is 1. The maximum Gasteiger partial charge on any atom is 0.339 e. The maximum atomic E-state index is 11.0. The van der Waals surface area contributed by atoms with Gasteiger partial charge in [-0.2, -0.15) is 5.10 Å². The summed E-state index contributed by atoms with van der Waals surface area (Å²) in [6.45, 7) is 0.245. The molecule has 1 heterocycles.